The molecule has 2 aromatic heterocycles. The van der Waals surface area contributed by atoms with E-state index in [1.54, 1.807) is 39.2 Å². The lowest BCUT2D eigenvalue weighted by atomic mass is 10.2. The Kier molecular flexibility index (Phi) is 5.46. The van der Waals surface area contributed by atoms with Crippen molar-refractivity contribution in [3.8, 4) is 0 Å². The smallest absolute Gasteiger partial charge is 0.289 e. The number of carbonyl (C=O) groups is 3. The Morgan fingerprint density at radius 3 is 2.28 bits per heavy atom. The van der Waals surface area contributed by atoms with E-state index in [9.17, 15) is 14.4 Å². The third-order valence-electron chi connectivity index (χ3n) is 5.39. The second-order valence-electron chi connectivity index (χ2n) is 7.12. The molecule has 29 heavy (non-hydrogen) atoms. The van der Waals surface area contributed by atoms with Gasteiger partial charge in [-0.05, 0) is 18.2 Å². The van der Waals surface area contributed by atoms with Gasteiger partial charge in [0.2, 0.25) is 6.41 Å². The molecule has 2 aliphatic rings. The number of piperazine rings is 2. The average molecular weight is 397 g/mol. The number of hydrogen-bond acceptors (Lipinski definition) is 6. The maximum atomic E-state index is 12.8. The van der Waals surface area contributed by atoms with Crippen molar-refractivity contribution in [2.45, 2.75) is 0 Å². The molecule has 2 aromatic rings. The summed E-state index contributed by atoms with van der Waals surface area (Å²) in [5.41, 5.74) is 1.41. The molecule has 2 aliphatic heterocycles. The number of pyridine rings is 1. The molecular weight excluding hydrogens is 374 g/mol. The van der Waals surface area contributed by atoms with Crippen LogP contribution in [0.1, 0.15) is 20.9 Å². The van der Waals surface area contributed by atoms with E-state index in [-0.39, 0.29) is 11.8 Å². The van der Waals surface area contributed by atoms with E-state index in [1.807, 2.05) is 6.07 Å². The Labute approximate surface area is 168 Å². The molecule has 9 heteroatoms. The van der Waals surface area contributed by atoms with Gasteiger partial charge in [0.05, 0.1) is 23.7 Å². The van der Waals surface area contributed by atoms with Crippen LogP contribution in [0.5, 0.6) is 0 Å². The minimum atomic E-state index is -0.105. The lowest BCUT2D eigenvalue weighted by Gasteiger charge is -2.36. The third-order valence-corrected chi connectivity index (χ3v) is 5.39. The first kappa shape index (κ1) is 19.0. The predicted molar refractivity (Wildman–Crippen MR) is 105 cm³/mol. The molecule has 0 spiro atoms. The minimum absolute atomic E-state index is 0.0727. The number of carbonyl (C=O) groups excluding carboxylic acids is 3. The summed E-state index contributed by atoms with van der Waals surface area (Å²) in [7, 11) is 0. The van der Waals surface area contributed by atoms with E-state index < -0.39 is 0 Å². The first-order valence-corrected chi connectivity index (χ1v) is 9.67. The molecule has 4 heterocycles. The van der Waals surface area contributed by atoms with Crippen molar-refractivity contribution in [2.24, 2.45) is 0 Å². The van der Waals surface area contributed by atoms with Gasteiger partial charge in [-0.15, -0.1) is 0 Å². The fourth-order valence-corrected chi connectivity index (χ4v) is 3.65. The first-order valence-electron chi connectivity index (χ1n) is 9.67. The Morgan fingerprint density at radius 1 is 0.931 bits per heavy atom. The maximum absolute atomic E-state index is 12.8. The molecule has 152 valence electrons. The molecule has 2 saturated heterocycles. The van der Waals surface area contributed by atoms with Crippen LogP contribution >= 0.6 is 0 Å². The minimum Gasteiger partial charge on any atom is -0.459 e. The molecule has 0 radical (unpaired) electrons. The number of furan rings is 1. The second-order valence-corrected chi connectivity index (χ2v) is 7.12. The average Bonchev–Trinajstić information content (AvgIpc) is 3.33. The molecular formula is C20H23N5O4. The summed E-state index contributed by atoms with van der Waals surface area (Å²) < 4.78 is 5.19. The predicted octanol–water partition coefficient (Wildman–Crippen LogP) is 0.551. The van der Waals surface area contributed by atoms with Crippen LogP contribution in [0.3, 0.4) is 0 Å². The molecule has 0 atom stereocenters. The van der Waals surface area contributed by atoms with Gasteiger partial charge in [0.15, 0.2) is 5.76 Å². The van der Waals surface area contributed by atoms with E-state index in [4.69, 9.17) is 4.42 Å². The Hall–Kier alpha value is -3.36. The van der Waals surface area contributed by atoms with Crippen molar-refractivity contribution in [2.75, 3.05) is 57.3 Å². The lowest BCUT2D eigenvalue weighted by molar-refractivity contribution is -0.119. The van der Waals surface area contributed by atoms with Crippen LogP contribution in [-0.2, 0) is 4.79 Å². The zero-order valence-corrected chi connectivity index (χ0v) is 16.1. The highest BCUT2D eigenvalue weighted by molar-refractivity contribution is 5.95. The van der Waals surface area contributed by atoms with E-state index in [2.05, 4.69) is 9.88 Å². The van der Waals surface area contributed by atoms with Crippen LogP contribution in [0.25, 0.3) is 0 Å². The number of anilines is 1. The van der Waals surface area contributed by atoms with E-state index in [0.29, 0.717) is 63.7 Å². The number of amides is 3. The molecule has 0 aromatic carbocycles. The van der Waals surface area contributed by atoms with Gasteiger partial charge in [-0.3, -0.25) is 19.4 Å². The van der Waals surface area contributed by atoms with Crippen LogP contribution in [0, 0.1) is 0 Å². The van der Waals surface area contributed by atoms with Crippen LogP contribution in [0.2, 0.25) is 0 Å². The largest absolute Gasteiger partial charge is 0.459 e. The summed E-state index contributed by atoms with van der Waals surface area (Å²) in [6.07, 6.45) is 5.64. The van der Waals surface area contributed by atoms with E-state index >= 15 is 0 Å². The number of hydrogen-bond donors (Lipinski definition) is 0. The molecule has 4 rings (SSSR count). The SMILES string of the molecule is O=CN1CCN(C(=O)c2cncc(N3CCN(C(=O)c4ccco4)CC3)c2)CC1. The quantitative estimate of drug-likeness (QED) is 0.700. The van der Waals surface area contributed by atoms with Crippen LogP contribution in [0.15, 0.2) is 41.3 Å². The van der Waals surface area contributed by atoms with Gasteiger partial charge in [-0.1, -0.05) is 0 Å². The fourth-order valence-electron chi connectivity index (χ4n) is 3.65. The van der Waals surface area contributed by atoms with Gasteiger partial charge >= 0.3 is 0 Å². The highest BCUT2D eigenvalue weighted by atomic mass is 16.3. The van der Waals surface area contributed by atoms with Gasteiger partial charge in [0.1, 0.15) is 0 Å². The Bertz CT molecular complexity index is 869. The summed E-state index contributed by atoms with van der Waals surface area (Å²) >= 11 is 0. The summed E-state index contributed by atoms with van der Waals surface area (Å²) in [5.74, 6) is 0.171. The van der Waals surface area contributed by atoms with Gasteiger partial charge in [0, 0.05) is 58.6 Å². The number of nitrogens with zero attached hydrogens (tertiary/aromatic N) is 5. The molecule has 0 unspecified atom stereocenters. The van der Waals surface area contributed by atoms with Gasteiger partial charge in [0.25, 0.3) is 11.8 Å². The summed E-state index contributed by atoms with van der Waals surface area (Å²) in [6.45, 7) is 4.61. The highest BCUT2D eigenvalue weighted by Crippen LogP contribution is 2.19. The number of aromatic nitrogens is 1. The molecule has 0 saturated carbocycles. The third kappa shape index (κ3) is 4.08. The van der Waals surface area contributed by atoms with Crippen molar-refractivity contribution < 1.29 is 18.8 Å². The van der Waals surface area contributed by atoms with Gasteiger partial charge in [-0.25, -0.2) is 0 Å². The van der Waals surface area contributed by atoms with Crippen LogP contribution < -0.4 is 4.90 Å². The molecule has 9 nitrogen and oxygen atoms in total. The van der Waals surface area contributed by atoms with Crippen molar-refractivity contribution in [1.29, 1.82) is 0 Å². The highest BCUT2D eigenvalue weighted by Gasteiger charge is 2.25. The van der Waals surface area contributed by atoms with Crippen molar-refractivity contribution in [3.05, 3.63) is 48.2 Å². The summed E-state index contributed by atoms with van der Waals surface area (Å²) in [5, 5.41) is 0. The van der Waals surface area contributed by atoms with Crippen molar-refractivity contribution in [1.82, 2.24) is 19.7 Å². The van der Waals surface area contributed by atoms with Crippen LogP contribution in [0.4, 0.5) is 5.69 Å². The second kappa shape index (κ2) is 8.34. The van der Waals surface area contributed by atoms with Crippen molar-refractivity contribution >= 4 is 23.9 Å². The normalized spacial score (nSPS) is 17.4. The Morgan fingerprint density at radius 2 is 1.62 bits per heavy atom. The monoisotopic (exact) mass is 397 g/mol. The van der Waals surface area contributed by atoms with E-state index in [1.165, 1.54) is 6.26 Å². The molecule has 3 amide bonds. The van der Waals surface area contributed by atoms with Crippen LogP contribution in [-0.4, -0.2) is 90.3 Å². The standard InChI is InChI=1S/C20H23N5O4/c26-15-22-3-5-24(6-4-22)19(27)16-12-17(14-21-13-16)23-7-9-25(10-8-23)20(28)18-2-1-11-29-18/h1-2,11-15H,3-10H2. The lowest BCUT2D eigenvalue weighted by Crippen LogP contribution is -2.49. The zero-order chi connectivity index (χ0) is 20.2. The van der Waals surface area contributed by atoms with Gasteiger partial charge in [-0.2, -0.15) is 0 Å². The molecule has 0 aliphatic carbocycles. The summed E-state index contributed by atoms with van der Waals surface area (Å²) in [6, 6.07) is 5.23. The maximum Gasteiger partial charge on any atom is 0.289 e. The fraction of sp³-hybridized carbons (Fsp3) is 0.400. The first-order chi connectivity index (χ1) is 14.2. The van der Waals surface area contributed by atoms with E-state index in [0.717, 1.165) is 12.1 Å². The summed E-state index contributed by atoms with van der Waals surface area (Å²) in [4.78, 5) is 47.6. The topological polar surface area (TPSA) is 90.2 Å². The Balaban J connectivity index is 1.37. The molecule has 0 N–H and O–H groups in total. The molecule has 2 fully saturated rings. The zero-order valence-electron chi connectivity index (χ0n) is 16.1. The molecule has 0 bridgehead atoms. The van der Waals surface area contributed by atoms with Crippen molar-refractivity contribution in [3.63, 3.8) is 0 Å². The number of rotatable bonds is 4. The van der Waals surface area contributed by atoms with Gasteiger partial charge < -0.3 is 24.0 Å².